The number of aromatic nitrogens is 1. The summed E-state index contributed by atoms with van der Waals surface area (Å²) < 4.78 is 0.639. The third kappa shape index (κ3) is 2.93. The Labute approximate surface area is 119 Å². The molecule has 0 fully saturated rings. The number of carbonyl (C=O) groups is 1. The summed E-state index contributed by atoms with van der Waals surface area (Å²) in [7, 11) is 0. The molecule has 1 aromatic heterocycles. The molecule has 4 nitrogen and oxygen atoms in total. The van der Waals surface area contributed by atoms with E-state index in [1.165, 1.54) is 0 Å². The number of benzene rings is 1. The number of hydrogen-bond donors (Lipinski definition) is 2. The second-order valence-corrected chi connectivity index (χ2v) is 5.10. The number of nitrogens with one attached hydrogen (secondary N) is 1. The molecule has 98 valence electrons. The first-order valence-electron chi connectivity index (χ1n) is 5.71. The number of phenolic OH excluding ortho intramolecular Hbond substituents is 1. The van der Waals surface area contributed by atoms with Crippen LogP contribution in [0.5, 0.6) is 5.75 Å². The monoisotopic (exact) mass is 320 g/mol. The predicted molar refractivity (Wildman–Crippen MR) is 77.5 cm³/mol. The molecule has 0 aliphatic heterocycles. The number of rotatable bonds is 2. The third-order valence-corrected chi connectivity index (χ3v) is 3.36. The summed E-state index contributed by atoms with van der Waals surface area (Å²) in [6, 6.07) is 6.94. The summed E-state index contributed by atoms with van der Waals surface area (Å²) >= 11 is 3.29. The van der Waals surface area contributed by atoms with Gasteiger partial charge in [-0.15, -0.1) is 0 Å². The Morgan fingerprint density at radius 1 is 1.32 bits per heavy atom. The van der Waals surface area contributed by atoms with Crippen LogP contribution in [-0.4, -0.2) is 16.0 Å². The van der Waals surface area contributed by atoms with E-state index in [0.29, 0.717) is 15.9 Å². The first-order chi connectivity index (χ1) is 8.99. The normalized spacial score (nSPS) is 10.3. The number of halogens is 1. The van der Waals surface area contributed by atoms with Gasteiger partial charge in [-0.2, -0.15) is 0 Å². The standard InChI is InChI=1S/C14H13BrN2O2/c1-8-6-10(7-9(2)13(8)18)17-14(19)12-11(15)4-3-5-16-12/h3-7,18H,1-2H3,(H,17,19). The van der Waals surface area contributed by atoms with Crippen LogP contribution >= 0.6 is 15.9 Å². The number of aromatic hydroxyl groups is 1. The average molecular weight is 321 g/mol. The summed E-state index contributed by atoms with van der Waals surface area (Å²) in [5.41, 5.74) is 2.40. The van der Waals surface area contributed by atoms with E-state index >= 15 is 0 Å². The summed E-state index contributed by atoms with van der Waals surface area (Å²) in [4.78, 5) is 16.1. The van der Waals surface area contributed by atoms with Crippen molar-refractivity contribution in [3.8, 4) is 5.75 Å². The molecule has 0 radical (unpaired) electrons. The SMILES string of the molecule is Cc1cc(NC(=O)c2ncccc2Br)cc(C)c1O. The number of amides is 1. The van der Waals surface area contributed by atoms with Gasteiger partial charge in [-0.1, -0.05) is 0 Å². The summed E-state index contributed by atoms with van der Waals surface area (Å²) in [6.07, 6.45) is 1.56. The lowest BCUT2D eigenvalue weighted by atomic mass is 10.1. The molecule has 2 N–H and O–H groups in total. The van der Waals surface area contributed by atoms with Crippen LogP contribution in [0.15, 0.2) is 34.9 Å². The molecule has 2 rings (SSSR count). The predicted octanol–water partition coefficient (Wildman–Crippen LogP) is 3.42. The van der Waals surface area contributed by atoms with Gasteiger partial charge in [-0.25, -0.2) is 4.98 Å². The lowest BCUT2D eigenvalue weighted by Gasteiger charge is -2.09. The fraction of sp³-hybridized carbons (Fsp3) is 0.143. The molecular formula is C14H13BrN2O2. The molecule has 1 heterocycles. The Morgan fingerprint density at radius 2 is 1.95 bits per heavy atom. The topological polar surface area (TPSA) is 62.2 Å². The highest BCUT2D eigenvalue weighted by Gasteiger charge is 2.12. The fourth-order valence-electron chi connectivity index (χ4n) is 1.77. The van der Waals surface area contributed by atoms with Crippen LogP contribution in [0.1, 0.15) is 21.6 Å². The molecule has 0 atom stereocenters. The molecule has 5 heteroatoms. The van der Waals surface area contributed by atoms with E-state index in [0.717, 1.165) is 11.1 Å². The van der Waals surface area contributed by atoms with Crippen molar-refractivity contribution >= 4 is 27.5 Å². The second-order valence-electron chi connectivity index (χ2n) is 4.25. The number of nitrogens with zero attached hydrogens (tertiary/aromatic N) is 1. The number of hydrogen-bond acceptors (Lipinski definition) is 3. The van der Waals surface area contributed by atoms with E-state index in [1.54, 1.807) is 44.3 Å². The molecule has 0 saturated carbocycles. The Morgan fingerprint density at radius 3 is 2.53 bits per heavy atom. The summed E-state index contributed by atoms with van der Waals surface area (Å²) in [5.74, 6) is -0.0472. The Bertz CT molecular complexity index is 618. The van der Waals surface area contributed by atoms with Gasteiger partial charge in [0.15, 0.2) is 0 Å². The van der Waals surface area contributed by atoms with Gasteiger partial charge in [0.2, 0.25) is 0 Å². The maximum Gasteiger partial charge on any atom is 0.275 e. The molecule has 0 saturated heterocycles. The third-order valence-electron chi connectivity index (χ3n) is 2.72. The Hall–Kier alpha value is -1.88. The lowest BCUT2D eigenvalue weighted by Crippen LogP contribution is -2.14. The van der Waals surface area contributed by atoms with Crippen LogP contribution < -0.4 is 5.32 Å². The zero-order valence-corrected chi connectivity index (χ0v) is 12.2. The minimum Gasteiger partial charge on any atom is -0.507 e. The van der Waals surface area contributed by atoms with Crippen LogP contribution in [0.4, 0.5) is 5.69 Å². The molecular weight excluding hydrogens is 308 g/mol. The summed E-state index contributed by atoms with van der Waals surface area (Å²) in [5, 5.41) is 12.5. The Kier molecular flexibility index (Phi) is 3.85. The largest absolute Gasteiger partial charge is 0.507 e. The lowest BCUT2D eigenvalue weighted by molar-refractivity contribution is 0.102. The zero-order valence-electron chi connectivity index (χ0n) is 10.6. The van der Waals surface area contributed by atoms with Crippen LogP contribution in [0, 0.1) is 13.8 Å². The number of carbonyl (C=O) groups excluding carboxylic acids is 1. The van der Waals surface area contributed by atoms with E-state index < -0.39 is 0 Å². The second kappa shape index (κ2) is 5.40. The fourth-order valence-corrected chi connectivity index (χ4v) is 2.21. The molecule has 1 amide bonds. The molecule has 2 aromatic rings. The van der Waals surface area contributed by atoms with Gasteiger partial charge in [0.25, 0.3) is 5.91 Å². The molecule has 0 bridgehead atoms. The van der Waals surface area contributed by atoms with Gasteiger partial charge in [0.1, 0.15) is 11.4 Å². The van der Waals surface area contributed by atoms with E-state index in [-0.39, 0.29) is 11.7 Å². The number of aryl methyl sites for hydroxylation is 2. The van der Waals surface area contributed by atoms with Crippen molar-refractivity contribution < 1.29 is 9.90 Å². The van der Waals surface area contributed by atoms with Crippen molar-refractivity contribution in [2.45, 2.75) is 13.8 Å². The van der Waals surface area contributed by atoms with Gasteiger partial charge in [-0.05, 0) is 65.2 Å². The minimum absolute atomic E-state index is 0.247. The summed E-state index contributed by atoms with van der Waals surface area (Å²) in [6.45, 7) is 3.57. The van der Waals surface area contributed by atoms with Crippen molar-refractivity contribution in [1.82, 2.24) is 4.98 Å². The maximum absolute atomic E-state index is 12.1. The first kappa shape index (κ1) is 13.5. The quantitative estimate of drug-likeness (QED) is 0.833. The van der Waals surface area contributed by atoms with Crippen molar-refractivity contribution in [2.24, 2.45) is 0 Å². The maximum atomic E-state index is 12.1. The van der Waals surface area contributed by atoms with Crippen LogP contribution in [0.3, 0.4) is 0 Å². The van der Waals surface area contributed by atoms with Gasteiger partial charge >= 0.3 is 0 Å². The van der Waals surface area contributed by atoms with Gasteiger partial charge < -0.3 is 10.4 Å². The smallest absolute Gasteiger partial charge is 0.275 e. The highest BCUT2D eigenvalue weighted by atomic mass is 79.9. The molecule has 0 aliphatic carbocycles. The van der Waals surface area contributed by atoms with Crippen LogP contribution in [-0.2, 0) is 0 Å². The molecule has 0 unspecified atom stereocenters. The Balaban J connectivity index is 2.27. The minimum atomic E-state index is -0.294. The van der Waals surface area contributed by atoms with E-state index in [4.69, 9.17) is 0 Å². The van der Waals surface area contributed by atoms with Gasteiger partial charge in [-0.3, -0.25) is 4.79 Å². The average Bonchev–Trinajstić information content (AvgIpc) is 2.36. The highest BCUT2D eigenvalue weighted by molar-refractivity contribution is 9.10. The van der Waals surface area contributed by atoms with Crippen molar-refractivity contribution in [1.29, 1.82) is 0 Å². The van der Waals surface area contributed by atoms with Gasteiger partial charge in [0, 0.05) is 16.4 Å². The molecule has 0 aliphatic rings. The van der Waals surface area contributed by atoms with Crippen molar-refractivity contribution in [3.63, 3.8) is 0 Å². The number of pyridine rings is 1. The van der Waals surface area contributed by atoms with Crippen molar-refractivity contribution in [3.05, 3.63) is 51.8 Å². The molecule has 1 aromatic carbocycles. The van der Waals surface area contributed by atoms with Crippen LogP contribution in [0.2, 0.25) is 0 Å². The van der Waals surface area contributed by atoms with Crippen molar-refractivity contribution in [2.75, 3.05) is 5.32 Å². The molecule has 0 spiro atoms. The molecule has 19 heavy (non-hydrogen) atoms. The first-order valence-corrected chi connectivity index (χ1v) is 6.50. The number of anilines is 1. The van der Waals surface area contributed by atoms with Gasteiger partial charge in [0.05, 0.1) is 0 Å². The van der Waals surface area contributed by atoms with E-state index in [9.17, 15) is 9.90 Å². The van der Waals surface area contributed by atoms with Crippen LogP contribution in [0.25, 0.3) is 0 Å². The van der Waals surface area contributed by atoms with E-state index in [2.05, 4.69) is 26.2 Å². The van der Waals surface area contributed by atoms with E-state index in [1.807, 2.05) is 0 Å². The zero-order chi connectivity index (χ0) is 14.0. The highest BCUT2D eigenvalue weighted by Crippen LogP contribution is 2.26. The number of phenols is 1.